The molecule has 0 heteroatoms. The highest BCUT2D eigenvalue weighted by Gasteiger charge is 1.92. The molecule has 0 saturated carbocycles. The maximum absolute atomic E-state index is 7.50. The molecule has 10 heavy (non-hydrogen) atoms. The summed E-state index contributed by atoms with van der Waals surface area (Å²) in [5.41, 5.74) is 0.948. The zero-order chi connectivity index (χ0) is 7.82. The lowest BCUT2D eigenvalue weighted by molar-refractivity contribution is 0.714. The number of hydrogen-bond donors (Lipinski definition) is 0. The molecule has 58 valence electrons. The number of allylic oxidation sites excluding steroid dienone is 1. The average Bonchev–Trinajstić information content (AvgIpc) is 1.97. The summed E-state index contributed by atoms with van der Waals surface area (Å²) in [5, 5.41) is 0. The van der Waals surface area contributed by atoms with Crippen LogP contribution < -0.4 is 0 Å². The predicted molar refractivity (Wildman–Crippen MR) is 45.8 cm³/mol. The van der Waals surface area contributed by atoms with Crippen molar-refractivity contribution in [3.8, 4) is 0 Å². The van der Waals surface area contributed by atoms with E-state index in [-0.39, 0.29) is 0 Å². The van der Waals surface area contributed by atoms with Crippen molar-refractivity contribution < 1.29 is 0 Å². The summed E-state index contributed by atoms with van der Waals surface area (Å²) in [4.78, 5) is 0. The van der Waals surface area contributed by atoms with Crippen molar-refractivity contribution in [3.05, 3.63) is 12.2 Å². The van der Waals surface area contributed by atoms with E-state index in [0.29, 0.717) is 0 Å². The monoisotopic (exact) mass is 138 g/mol. The van der Waals surface area contributed by atoms with Gasteiger partial charge in [0.25, 0.3) is 0 Å². The lowest BCUT2D eigenvalue weighted by Crippen LogP contribution is -1.81. The van der Waals surface area contributed by atoms with E-state index < -0.39 is 0 Å². The summed E-state index contributed by atoms with van der Waals surface area (Å²) in [6.45, 7) is 11.8. The van der Waals surface area contributed by atoms with Gasteiger partial charge < -0.3 is 0 Å². The molecule has 0 N–H and O–H groups in total. The van der Waals surface area contributed by atoms with Gasteiger partial charge in [0.15, 0.2) is 0 Å². The van der Waals surface area contributed by atoms with E-state index in [2.05, 4.69) is 13.8 Å². The zero-order valence-electron chi connectivity index (χ0n) is 7.24. The van der Waals surface area contributed by atoms with Crippen molar-refractivity contribution in [1.82, 2.24) is 0 Å². The van der Waals surface area contributed by atoms with Crippen molar-refractivity contribution in [3.63, 3.8) is 0 Å². The van der Waals surface area contributed by atoms with Crippen LogP contribution >= 0.6 is 0 Å². The Balaban J connectivity index is 3.09. The molecule has 0 aliphatic carbocycles. The quantitative estimate of drug-likeness (QED) is 0.526. The van der Waals surface area contributed by atoms with Gasteiger partial charge >= 0.3 is 0 Å². The molecule has 0 nitrogen and oxygen atoms in total. The fourth-order valence-electron chi connectivity index (χ4n) is 0.905. The molecule has 2 radical (unpaired) electrons. The molecule has 0 aliphatic heterocycles. The summed E-state index contributed by atoms with van der Waals surface area (Å²) in [7, 11) is 0. The van der Waals surface area contributed by atoms with E-state index in [1.54, 1.807) is 0 Å². The minimum absolute atomic E-state index is 0.948. The topological polar surface area (TPSA) is 0 Å². The molecule has 0 fully saturated rings. The lowest BCUT2D eigenvalue weighted by Gasteiger charge is -2.01. The van der Waals surface area contributed by atoms with Gasteiger partial charge in [-0.25, -0.2) is 0 Å². The largest absolute Gasteiger partial charge is 0.0654 e. The minimum Gasteiger partial charge on any atom is -0.0654 e. The smallest absolute Gasteiger partial charge is 0.0108 e. The predicted octanol–water partition coefficient (Wildman–Crippen LogP) is 3.60. The second kappa shape index (κ2) is 6.85. The fourth-order valence-corrected chi connectivity index (χ4v) is 0.905. The fraction of sp³-hybridized carbons (Fsp3) is 0.800. The Morgan fingerprint density at radius 2 is 1.40 bits per heavy atom. The summed E-state index contributed by atoms with van der Waals surface area (Å²) >= 11 is 0. The van der Waals surface area contributed by atoms with E-state index in [0.717, 1.165) is 18.4 Å². The Hall–Kier alpha value is -0.260. The molecule has 0 bridgehead atoms. The molecule has 0 amide bonds. The number of hydrogen-bond acceptors (Lipinski definition) is 0. The highest BCUT2D eigenvalue weighted by atomic mass is 14.0. The molecule has 0 unspecified atom stereocenters. The third kappa shape index (κ3) is 5.87. The summed E-state index contributed by atoms with van der Waals surface area (Å²) in [6, 6.07) is 0. The van der Waals surface area contributed by atoms with E-state index in [1.807, 2.05) is 0 Å². The van der Waals surface area contributed by atoms with Crippen LogP contribution in [-0.4, -0.2) is 0 Å². The Bertz CT molecular complexity index is 72.0. The van der Waals surface area contributed by atoms with Gasteiger partial charge in [0.1, 0.15) is 0 Å². The molecule has 0 aromatic heterocycles. The number of rotatable bonds is 6. The van der Waals surface area contributed by atoms with Gasteiger partial charge in [0.05, 0.1) is 0 Å². The van der Waals surface area contributed by atoms with Crippen LogP contribution in [0, 0.1) is 6.58 Å². The third-order valence-corrected chi connectivity index (χ3v) is 1.66. The second-order valence-corrected chi connectivity index (χ2v) is 2.81. The zero-order valence-corrected chi connectivity index (χ0v) is 7.24. The standard InChI is InChI=1S/C10H18/c1-4-6-8-10(3)9-7-5-2/h4-9H2,1-2H3. The first-order chi connectivity index (χ1) is 4.81. The van der Waals surface area contributed by atoms with Crippen LogP contribution in [0.2, 0.25) is 0 Å². The lowest BCUT2D eigenvalue weighted by atomic mass is 10.1. The van der Waals surface area contributed by atoms with Crippen LogP contribution in [0.1, 0.15) is 52.4 Å². The first-order valence-electron chi connectivity index (χ1n) is 4.37. The van der Waals surface area contributed by atoms with Crippen LogP contribution in [0.3, 0.4) is 0 Å². The molecule has 0 heterocycles. The van der Waals surface area contributed by atoms with Crippen LogP contribution in [0.5, 0.6) is 0 Å². The molecule has 0 aromatic rings. The Morgan fingerprint density at radius 3 is 1.70 bits per heavy atom. The average molecular weight is 138 g/mol. The molecule has 0 atom stereocenters. The summed E-state index contributed by atoms with van der Waals surface area (Å²) in [6.07, 6.45) is 6.88. The number of unbranched alkanes of at least 4 members (excludes halogenated alkanes) is 2. The molecule has 0 aliphatic rings. The van der Waals surface area contributed by atoms with Crippen molar-refractivity contribution in [2.75, 3.05) is 0 Å². The van der Waals surface area contributed by atoms with E-state index in [1.165, 1.54) is 25.7 Å². The molecule has 0 spiro atoms. The second-order valence-electron chi connectivity index (χ2n) is 2.81. The van der Waals surface area contributed by atoms with Crippen molar-refractivity contribution >= 4 is 0 Å². The highest BCUT2D eigenvalue weighted by Crippen LogP contribution is 2.11. The normalized spacial score (nSPS) is 9.80. The van der Waals surface area contributed by atoms with Gasteiger partial charge in [-0.3, -0.25) is 0 Å². The van der Waals surface area contributed by atoms with Crippen LogP contribution in [-0.2, 0) is 0 Å². The van der Waals surface area contributed by atoms with Crippen molar-refractivity contribution in [2.24, 2.45) is 0 Å². The van der Waals surface area contributed by atoms with Gasteiger partial charge in [-0.1, -0.05) is 32.3 Å². The van der Waals surface area contributed by atoms with E-state index >= 15 is 0 Å². The SMILES string of the molecule is [C]=C(CCCC)CCCC. The highest BCUT2D eigenvalue weighted by molar-refractivity contribution is 4.90. The van der Waals surface area contributed by atoms with Crippen molar-refractivity contribution in [1.29, 1.82) is 0 Å². The molecule has 0 aromatic carbocycles. The Labute approximate surface area is 65.3 Å². The maximum atomic E-state index is 7.50. The van der Waals surface area contributed by atoms with Gasteiger partial charge in [-0.15, -0.1) is 0 Å². The van der Waals surface area contributed by atoms with Gasteiger partial charge in [-0.05, 0) is 32.3 Å². The first-order valence-corrected chi connectivity index (χ1v) is 4.37. The van der Waals surface area contributed by atoms with E-state index in [4.69, 9.17) is 6.58 Å². The summed E-state index contributed by atoms with van der Waals surface area (Å²) < 4.78 is 0. The molecular weight excluding hydrogens is 120 g/mol. The van der Waals surface area contributed by atoms with Crippen LogP contribution in [0.25, 0.3) is 0 Å². The molecule has 0 rings (SSSR count). The summed E-state index contributed by atoms with van der Waals surface area (Å²) in [5.74, 6) is 0. The van der Waals surface area contributed by atoms with Crippen LogP contribution in [0.4, 0.5) is 0 Å². The van der Waals surface area contributed by atoms with E-state index in [9.17, 15) is 0 Å². The van der Waals surface area contributed by atoms with Gasteiger partial charge in [-0.2, -0.15) is 0 Å². The maximum Gasteiger partial charge on any atom is -0.0108 e. The van der Waals surface area contributed by atoms with Gasteiger partial charge in [0, 0.05) is 0 Å². The van der Waals surface area contributed by atoms with Crippen molar-refractivity contribution in [2.45, 2.75) is 52.4 Å². The Kier molecular flexibility index (Phi) is 6.68. The molecule has 0 saturated heterocycles. The Morgan fingerprint density at radius 1 is 1.00 bits per heavy atom. The first kappa shape index (κ1) is 9.74. The van der Waals surface area contributed by atoms with Crippen LogP contribution in [0.15, 0.2) is 5.57 Å². The minimum atomic E-state index is 0.948. The third-order valence-electron chi connectivity index (χ3n) is 1.66. The van der Waals surface area contributed by atoms with Gasteiger partial charge in [0.2, 0.25) is 0 Å². The molecular formula is C10H18.